The second kappa shape index (κ2) is 47.4. The van der Waals surface area contributed by atoms with Gasteiger partial charge in [-0.25, -0.2) is 33.7 Å². The Morgan fingerprint density at radius 3 is 0.347 bits per heavy atom. The van der Waals surface area contributed by atoms with Crippen molar-refractivity contribution in [1.29, 1.82) is 0 Å². The first-order valence-corrected chi connectivity index (χ1v) is 44.9. The van der Waals surface area contributed by atoms with E-state index in [1.807, 2.05) is 0 Å². The summed E-state index contributed by atoms with van der Waals surface area (Å²) < 4.78 is 209. The molecule has 0 atom stereocenters. The van der Waals surface area contributed by atoms with Crippen LogP contribution < -0.4 is 158 Å². The first-order valence-electron chi connectivity index (χ1n) is 18.4. The van der Waals surface area contributed by atoms with Crippen LogP contribution in [0.1, 0.15) is 0 Å². The minimum Gasteiger partial charge on any atom is -0.822 e. The van der Waals surface area contributed by atoms with Gasteiger partial charge in [-0.1, -0.05) is 72.8 Å². The topological polar surface area (TPSA) is 987 Å². The van der Waals surface area contributed by atoms with E-state index in [2.05, 4.69) is 0 Å². The molecule has 4 aromatic carbocycles. The predicted molar refractivity (Wildman–Crippen MR) is 224 cm³/mol. The van der Waals surface area contributed by atoms with Crippen molar-refractivity contribution in [2.75, 3.05) is 0 Å². The molecule has 0 radical (unpaired) electrons. The predicted octanol–water partition coefficient (Wildman–Crippen LogP) is -24.0. The van der Waals surface area contributed by atoms with Crippen molar-refractivity contribution in [3.63, 3.8) is 0 Å². The fourth-order valence-corrected chi connectivity index (χ4v) is 18.3. The Morgan fingerprint density at radius 1 is 0.189 bits per heavy atom. The molecule has 0 saturated carbocycles. The standard InChI is InChI=1S/4C6H8O8P2S.4H3O4P.7Zr/c4*7-15(8,9)5-3-1-2-4-6(5)17(13,14)16(10,11)12;4*1-5(2,3)4;;;;;;;/h4*1-4H,(H2,7,8,9)(H2,10,11,12);4*(H3,1,2,3,4);;;;;;;/q;;;;;;;;7*+4/p-28. The Labute approximate surface area is 664 Å². The van der Waals surface area contributed by atoms with E-state index in [0.717, 1.165) is 48.5 Å². The van der Waals surface area contributed by atoms with E-state index in [4.69, 9.17) is 77.0 Å². The van der Waals surface area contributed by atoms with E-state index in [9.17, 15) is 148 Å². The minimum atomic E-state index is -6.11. The molecule has 4 aromatic rings. The van der Waals surface area contributed by atoms with Gasteiger partial charge in [0.2, 0.25) is 37.8 Å². The fourth-order valence-electron chi connectivity index (χ4n) is 4.09. The molecule has 0 N–H and O–H groups in total. The van der Waals surface area contributed by atoms with Crippen molar-refractivity contribution in [2.24, 2.45) is 0 Å². The molecule has 4 rings (SSSR count). The number of hydrogen-bond donors (Lipinski definition) is 0. The summed E-state index contributed by atoms with van der Waals surface area (Å²) in [5.74, 6) is 0. The van der Waals surface area contributed by atoms with Crippen LogP contribution in [0.25, 0.3) is 0 Å². The van der Waals surface area contributed by atoms with Crippen LogP contribution in [0.2, 0.25) is 0 Å². The van der Waals surface area contributed by atoms with E-state index in [1.54, 1.807) is 0 Å². The van der Waals surface area contributed by atoms with Crippen molar-refractivity contribution in [3.05, 3.63) is 97.1 Å². The maximum atomic E-state index is 11.2. The number of benzene rings is 4. The van der Waals surface area contributed by atoms with E-state index in [-0.39, 0.29) is 183 Å². The van der Waals surface area contributed by atoms with Gasteiger partial charge >= 0.3 is 183 Å². The molecular formula is C24H16O48P12S4Zr7. The number of hydrogen-bond acceptors (Lipinski definition) is 48. The van der Waals surface area contributed by atoms with E-state index in [0.29, 0.717) is 48.5 Å². The van der Waals surface area contributed by atoms with Gasteiger partial charge in [-0.3, -0.25) is 0 Å². The smallest absolute Gasteiger partial charge is 0.822 e. The molecule has 0 saturated heterocycles. The molecule has 48 nitrogen and oxygen atoms in total. The van der Waals surface area contributed by atoms with Crippen molar-refractivity contribution in [3.8, 4) is 0 Å². The molecule has 512 valence electrons. The third-order valence-electron chi connectivity index (χ3n) is 6.93. The van der Waals surface area contributed by atoms with Crippen LogP contribution in [0.15, 0.2) is 117 Å². The Balaban J connectivity index is -0.0000000980. The first kappa shape index (κ1) is 123. The van der Waals surface area contributed by atoms with Crippen LogP contribution in [-0.2, 0) is 276 Å². The zero-order valence-corrected chi connectivity index (χ0v) is 74.5. The molecular weight excluding hydrogens is 2190 g/mol. The van der Waals surface area contributed by atoms with Gasteiger partial charge in [-0.15, -0.1) is 0 Å². The quantitative estimate of drug-likeness (QED) is 0.119. The molecule has 0 amide bonds. The molecule has 0 unspecified atom stereocenters. The average molecular weight is 2210 g/mol. The van der Waals surface area contributed by atoms with Crippen molar-refractivity contribution in [1.82, 2.24) is 0 Å². The zero-order valence-electron chi connectivity index (χ0n) is 43.3. The summed E-state index contributed by atoms with van der Waals surface area (Å²) in [7, 11) is -65.2. The maximum absolute atomic E-state index is 11.2. The fraction of sp³-hybridized carbons (Fsp3) is 0. The largest absolute Gasteiger partial charge is 4.00 e. The van der Waals surface area contributed by atoms with Crippen LogP contribution in [0.3, 0.4) is 0 Å². The monoisotopic (exact) mass is 2200 g/mol. The van der Waals surface area contributed by atoms with Crippen molar-refractivity contribution >= 4 is 148 Å². The van der Waals surface area contributed by atoms with Gasteiger partial charge in [0.1, 0.15) is 0 Å². The van der Waals surface area contributed by atoms with Gasteiger partial charge < -0.3 is 192 Å². The summed E-state index contributed by atoms with van der Waals surface area (Å²) in [4.78, 5) is 267. The van der Waals surface area contributed by atoms with Gasteiger partial charge in [0.15, 0.2) is 0 Å². The van der Waals surface area contributed by atoms with Crippen molar-refractivity contribution in [2.45, 2.75) is 19.6 Å². The molecule has 0 aliphatic rings. The van der Waals surface area contributed by atoms with Gasteiger partial charge in [0.05, 0.1) is 46.8 Å². The number of rotatable bonds is 12. The van der Waals surface area contributed by atoms with Crippen LogP contribution in [0.4, 0.5) is 0 Å². The summed E-state index contributed by atoms with van der Waals surface area (Å²) in [6, 6.07) is 12.8. The summed E-state index contributed by atoms with van der Waals surface area (Å²) >= 11 is 0. The third kappa shape index (κ3) is 52.2. The zero-order chi connectivity index (χ0) is 71.9. The Morgan fingerprint density at radius 2 is 0.274 bits per heavy atom. The average Bonchev–Trinajstić information content (AvgIpc) is 3.25. The van der Waals surface area contributed by atoms with E-state index >= 15 is 0 Å². The summed E-state index contributed by atoms with van der Waals surface area (Å²) in [5.41, 5.74) is 0. The molecule has 0 fully saturated rings. The summed E-state index contributed by atoms with van der Waals surface area (Å²) in [5, 5.41) is -4.97. The SMILES string of the molecule is O=P([O-])([O-])[O-].O=P([O-])([O-])[O-].O=P([O-])([O-])[O-].O=P([O-])([O-])[O-].O=P([O-])([O-])c1ccccc1S(=O)(=O)P(=O)([O-])[O-].O=P([O-])([O-])c1ccccc1S(=O)(=O)P(=O)([O-])[O-].O=P([O-])([O-])c1ccccc1S(=O)(=O)P(=O)([O-])[O-].O=P([O-])([O-])c1ccccc1S(=O)(=O)P(=O)([O-])[O-].[Zr+4].[Zr+4].[Zr+4].[Zr+4].[Zr+4].[Zr+4].[Zr+4]. The molecule has 0 aliphatic heterocycles. The van der Waals surface area contributed by atoms with Crippen LogP contribution in [0, 0.1) is 0 Å². The second-order valence-electron chi connectivity index (χ2n) is 13.3. The third-order valence-corrected chi connectivity index (χ3v) is 26.9. The van der Waals surface area contributed by atoms with E-state index < -0.39 is 167 Å². The van der Waals surface area contributed by atoms with Gasteiger partial charge in [-0.05, 0) is 54.6 Å². The first-order chi connectivity index (χ1) is 37.9. The summed E-state index contributed by atoms with van der Waals surface area (Å²) in [6.07, 6.45) is 0. The van der Waals surface area contributed by atoms with Crippen molar-refractivity contribution < 1.29 is 409 Å². The molecule has 95 heavy (non-hydrogen) atoms. The summed E-state index contributed by atoms with van der Waals surface area (Å²) in [6.45, 7) is -24.5. The minimum absolute atomic E-state index is 0. The van der Waals surface area contributed by atoms with Gasteiger partial charge in [0.25, 0.3) is 0 Å². The van der Waals surface area contributed by atoms with Gasteiger partial charge in [-0.2, -0.15) is 31.3 Å². The Bertz CT molecular complexity index is 3600. The Kier molecular flexibility index (Phi) is 61.5. The molecule has 0 bridgehead atoms. The molecule has 0 aromatic heterocycles. The maximum Gasteiger partial charge on any atom is 4.00 e. The van der Waals surface area contributed by atoms with Crippen LogP contribution in [0.5, 0.6) is 0 Å². The normalized spacial score (nSPS) is 12.3. The van der Waals surface area contributed by atoms with Crippen LogP contribution >= 0.6 is 88.9 Å². The number of phosphoric acid groups is 4. The second-order valence-corrected chi connectivity index (χ2v) is 43.1. The molecule has 0 spiro atoms. The Hall–Kier alpha value is 4.50. The van der Waals surface area contributed by atoms with Gasteiger partial charge in [0, 0.05) is 21.2 Å². The molecule has 0 heterocycles. The molecule has 71 heteroatoms. The molecule has 0 aliphatic carbocycles. The van der Waals surface area contributed by atoms with E-state index in [1.165, 1.54) is 0 Å². The van der Waals surface area contributed by atoms with Crippen LogP contribution in [-0.4, -0.2) is 33.7 Å².